The number of anilines is 1. The van der Waals surface area contributed by atoms with E-state index in [9.17, 15) is 18.8 Å². The van der Waals surface area contributed by atoms with Crippen molar-refractivity contribution in [3.05, 3.63) is 65.0 Å². The normalized spacial score (nSPS) is 19.2. The second-order valence-corrected chi connectivity index (χ2v) is 6.74. The van der Waals surface area contributed by atoms with Crippen molar-refractivity contribution in [1.82, 2.24) is 10.2 Å². The molecule has 0 spiro atoms. The van der Waals surface area contributed by atoms with Crippen molar-refractivity contribution in [3.63, 3.8) is 0 Å². The number of halogens is 1. The number of rotatable bonds is 4. The second kappa shape index (κ2) is 6.83. The molecule has 7 heteroatoms. The highest BCUT2D eigenvalue weighted by Crippen LogP contribution is 2.30. The van der Waals surface area contributed by atoms with E-state index in [0.29, 0.717) is 5.69 Å². The Bertz CT molecular complexity index is 924. The fourth-order valence-corrected chi connectivity index (χ4v) is 3.22. The molecular weight excluding hydrogens is 349 g/mol. The van der Waals surface area contributed by atoms with E-state index in [1.807, 2.05) is 32.0 Å². The topological polar surface area (TPSA) is 78.5 Å². The zero-order valence-electron chi connectivity index (χ0n) is 15.3. The summed E-state index contributed by atoms with van der Waals surface area (Å²) in [5.41, 5.74) is 0.891. The molecule has 2 N–H and O–H groups in total. The molecule has 1 aliphatic heterocycles. The predicted molar refractivity (Wildman–Crippen MR) is 98.5 cm³/mol. The van der Waals surface area contributed by atoms with Gasteiger partial charge in [-0.1, -0.05) is 36.4 Å². The van der Waals surface area contributed by atoms with Crippen LogP contribution in [0.2, 0.25) is 0 Å². The third-order valence-corrected chi connectivity index (χ3v) is 4.73. The number of nitrogens with zero attached hydrogens (tertiary/aromatic N) is 1. The van der Waals surface area contributed by atoms with Crippen molar-refractivity contribution in [2.24, 2.45) is 0 Å². The minimum Gasteiger partial charge on any atom is -0.324 e. The second-order valence-electron chi connectivity index (χ2n) is 6.74. The maximum absolute atomic E-state index is 14.2. The summed E-state index contributed by atoms with van der Waals surface area (Å²) in [7, 11) is 0. The van der Waals surface area contributed by atoms with Crippen molar-refractivity contribution in [3.8, 4) is 0 Å². The van der Waals surface area contributed by atoms with Gasteiger partial charge in [0, 0.05) is 11.3 Å². The minimum atomic E-state index is -1.55. The van der Waals surface area contributed by atoms with E-state index in [1.54, 1.807) is 6.07 Å². The average molecular weight is 369 g/mol. The Morgan fingerprint density at radius 1 is 1.11 bits per heavy atom. The summed E-state index contributed by atoms with van der Waals surface area (Å²) in [6, 6.07) is 10.6. The van der Waals surface area contributed by atoms with Crippen LogP contribution in [0.1, 0.15) is 23.6 Å². The first-order valence-corrected chi connectivity index (χ1v) is 8.49. The third kappa shape index (κ3) is 3.28. The number of hydrogen-bond acceptors (Lipinski definition) is 3. The molecule has 4 amide bonds. The largest absolute Gasteiger partial charge is 0.325 e. The fourth-order valence-electron chi connectivity index (χ4n) is 3.22. The van der Waals surface area contributed by atoms with Gasteiger partial charge in [0.05, 0.1) is 0 Å². The summed E-state index contributed by atoms with van der Waals surface area (Å²) < 4.78 is 14.2. The van der Waals surface area contributed by atoms with Crippen molar-refractivity contribution < 1.29 is 18.8 Å². The zero-order chi connectivity index (χ0) is 19.8. The molecule has 3 rings (SSSR count). The van der Waals surface area contributed by atoms with Gasteiger partial charge < -0.3 is 10.6 Å². The van der Waals surface area contributed by atoms with Gasteiger partial charge in [-0.3, -0.25) is 14.5 Å². The van der Waals surface area contributed by atoms with E-state index in [4.69, 9.17) is 0 Å². The molecule has 140 valence electrons. The Labute approximate surface area is 156 Å². The number of benzene rings is 2. The molecule has 0 radical (unpaired) electrons. The van der Waals surface area contributed by atoms with Crippen LogP contribution >= 0.6 is 0 Å². The van der Waals surface area contributed by atoms with Gasteiger partial charge in [0.25, 0.3) is 5.91 Å². The first-order chi connectivity index (χ1) is 12.7. The maximum Gasteiger partial charge on any atom is 0.325 e. The van der Waals surface area contributed by atoms with Crippen molar-refractivity contribution in [2.75, 3.05) is 11.9 Å². The summed E-state index contributed by atoms with van der Waals surface area (Å²) in [5.74, 6) is -1.78. The van der Waals surface area contributed by atoms with Crippen LogP contribution in [0.25, 0.3) is 0 Å². The standard InChI is InChI=1S/C20H20FN3O3/c1-12-7-6-8-13(2)17(12)22-16(25)11-24-18(26)20(3,23-19(24)27)14-9-4-5-10-15(14)21/h4-10H,11H2,1-3H3,(H,22,25)(H,23,27). The van der Waals surface area contributed by atoms with E-state index >= 15 is 0 Å². The Balaban J connectivity index is 1.80. The number of para-hydroxylation sites is 1. The van der Waals surface area contributed by atoms with Crippen LogP contribution in [0.4, 0.5) is 14.9 Å². The van der Waals surface area contributed by atoms with Gasteiger partial charge >= 0.3 is 6.03 Å². The number of carbonyl (C=O) groups is 3. The van der Waals surface area contributed by atoms with Gasteiger partial charge in [0.2, 0.25) is 5.91 Å². The number of hydrogen-bond donors (Lipinski definition) is 2. The Kier molecular flexibility index (Phi) is 4.70. The summed E-state index contributed by atoms with van der Waals surface area (Å²) in [6.45, 7) is 4.68. The van der Waals surface area contributed by atoms with E-state index in [2.05, 4.69) is 10.6 Å². The van der Waals surface area contributed by atoms with Gasteiger partial charge in [-0.15, -0.1) is 0 Å². The molecule has 1 fully saturated rings. The summed E-state index contributed by atoms with van der Waals surface area (Å²) in [6.07, 6.45) is 0. The lowest BCUT2D eigenvalue weighted by molar-refractivity contribution is -0.133. The smallest absolute Gasteiger partial charge is 0.324 e. The monoisotopic (exact) mass is 369 g/mol. The predicted octanol–water partition coefficient (Wildman–Crippen LogP) is 2.85. The van der Waals surface area contributed by atoms with E-state index in [0.717, 1.165) is 16.0 Å². The van der Waals surface area contributed by atoms with Crippen LogP contribution in [0.5, 0.6) is 0 Å². The molecule has 2 aromatic rings. The Hall–Kier alpha value is -3.22. The lowest BCUT2D eigenvalue weighted by Gasteiger charge is -2.22. The first-order valence-electron chi connectivity index (χ1n) is 8.49. The highest BCUT2D eigenvalue weighted by atomic mass is 19.1. The van der Waals surface area contributed by atoms with Crippen molar-refractivity contribution >= 4 is 23.5 Å². The Morgan fingerprint density at radius 3 is 2.37 bits per heavy atom. The summed E-state index contributed by atoms with van der Waals surface area (Å²) in [5, 5.41) is 5.23. The van der Waals surface area contributed by atoms with Gasteiger partial charge in [-0.05, 0) is 38.0 Å². The third-order valence-electron chi connectivity index (χ3n) is 4.73. The molecule has 27 heavy (non-hydrogen) atoms. The van der Waals surface area contributed by atoms with E-state index < -0.39 is 35.7 Å². The quantitative estimate of drug-likeness (QED) is 0.814. The molecule has 0 bridgehead atoms. The molecule has 1 atom stereocenters. The van der Waals surface area contributed by atoms with Crippen molar-refractivity contribution in [2.45, 2.75) is 26.3 Å². The lowest BCUT2D eigenvalue weighted by atomic mass is 9.91. The molecule has 0 aliphatic carbocycles. The van der Waals surface area contributed by atoms with Gasteiger partial charge in [-0.25, -0.2) is 9.18 Å². The van der Waals surface area contributed by atoms with Crippen LogP contribution in [-0.2, 0) is 15.1 Å². The number of amides is 4. The molecule has 1 saturated heterocycles. The van der Waals surface area contributed by atoms with Crippen LogP contribution in [0.3, 0.4) is 0 Å². The van der Waals surface area contributed by atoms with Crippen LogP contribution < -0.4 is 10.6 Å². The van der Waals surface area contributed by atoms with Crippen LogP contribution in [0, 0.1) is 19.7 Å². The minimum absolute atomic E-state index is 0.0565. The molecule has 1 heterocycles. The first kappa shape index (κ1) is 18.6. The number of carbonyl (C=O) groups excluding carboxylic acids is 3. The Morgan fingerprint density at radius 2 is 1.74 bits per heavy atom. The molecular formula is C20H20FN3O3. The molecule has 1 unspecified atom stereocenters. The summed E-state index contributed by atoms with van der Waals surface area (Å²) in [4.78, 5) is 38.3. The maximum atomic E-state index is 14.2. The van der Waals surface area contributed by atoms with Crippen LogP contribution in [0.15, 0.2) is 42.5 Å². The fraction of sp³-hybridized carbons (Fsp3) is 0.250. The zero-order valence-corrected chi connectivity index (χ0v) is 15.3. The van der Waals surface area contributed by atoms with Crippen molar-refractivity contribution in [1.29, 1.82) is 0 Å². The number of urea groups is 1. The average Bonchev–Trinajstić information content (AvgIpc) is 2.82. The van der Waals surface area contributed by atoms with Gasteiger partial charge in [0.15, 0.2) is 0 Å². The lowest BCUT2D eigenvalue weighted by Crippen LogP contribution is -2.42. The number of imide groups is 1. The number of nitrogens with one attached hydrogen (secondary N) is 2. The van der Waals surface area contributed by atoms with Gasteiger partial charge in [0.1, 0.15) is 17.9 Å². The highest BCUT2D eigenvalue weighted by Gasteiger charge is 2.50. The molecule has 1 aliphatic rings. The van der Waals surface area contributed by atoms with E-state index in [1.165, 1.54) is 25.1 Å². The summed E-state index contributed by atoms with van der Waals surface area (Å²) >= 11 is 0. The molecule has 2 aromatic carbocycles. The van der Waals surface area contributed by atoms with Crippen LogP contribution in [-0.4, -0.2) is 29.3 Å². The molecule has 6 nitrogen and oxygen atoms in total. The number of aryl methyl sites for hydroxylation is 2. The SMILES string of the molecule is Cc1cccc(C)c1NC(=O)CN1C(=O)NC(C)(c2ccccc2F)C1=O. The van der Waals surface area contributed by atoms with Gasteiger partial charge in [-0.2, -0.15) is 0 Å². The molecule has 0 aromatic heterocycles. The highest BCUT2D eigenvalue weighted by molar-refractivity contribution is 6.10. The van der Waals surface area contributed by atoms with E-state index in [-0.39, 0.29) is 5.56 Å². The molecule has 0 saturated carbocycles.